The molecule has 0 spiro atoms. The highest BCUT2D eigenvalue weighted by Crippen LogP contribution is 2.18. The summed E-state index contributed by atoms with van der Waals surface area (Å²) in [6.07, 6.45) is 1.02. The van der Waals surface area contributed by atoms with Gasteiger partial charge < -0.3 is 10.1 Å². The van der Waals surface area contributed by atoms with Gasteiger partial charge in [0.2, 0.25) is 20.0 Å². The van der Waals surface area contributed by atoms with Crippen molar-refractivity contribution in [3.8, 4) is 0 Å². The number of nitrogens with one attached hydrogen (secondary N) is 2. The number of rotatable bonds is 7. The maximum absolute atomic E-state index is 12.6. The van der Waals surface area contributed by atoms with Crippen LogP contribution in [0, 0.1) is 0 Å². The summed E-state index contributed by atoms with van der Waals surface area (Å²) in [5.74, 6) is -0.477. The monoisotopic (exact) mass is 391 g/mol. The van der Waals surface area contributed by atoms with Crippen LogP contribution in [0.4, 0.5) is 0 Å². The van der Waals surface area contributed by atoms with Crippen LogP contribution in [0.1, 0.15) is 10.4 Å². The van der Waals surface area contributed by atoms with Crippen molar-refractivity contribution in [2.45, 2.75) is 4.90 Å². The van der Waals surface area contributed by atoms with Gasteiger partial charge in [-0.3, -0.25) is 4.79 Å². The normalized spacial score (nSPS) is 16.5. The largest absolute Gasteiger partial charge is 0.379 e. The van der Waals surface area contributed by atoms with E-state index in [4.69, 9.17) is 4.74 Å². The summed E-state index contributed by atoms with van der Waals surface area (Å²) in [6.45, 7) is 1.37. The minimum Gasteiger partial charge on any atom is -0.379 e. The second-order valence-electron chi connectivity index (χ2n) is 5.47. The van der Waals surface area contributed by atoms with Crippen LogP contribution >= 0.6 is 0 Å². The molecule has 1 fully saturated rings. The molecule has 25 heavy (non-hydrogen) atoms. The first-order valence-corrected chi connectivity index (χ1v) is 10.9. The van der Waals surface area contributed by atoms with E-state index in [9.17, 15) is 21.6 Å². The molecular formula is C14H21N3O6S2. The Labute approximate surface area is 147 Å². The van der Waals surface area contributed by atoms with E-state index in [1.54, 1.807) is 0 Å². The fourth-order valence-corrected chi connectivity index (χ4v) is 4.18. The number of nitrogens with zero attached hydrogens (tertiary/aromatic N) is 1. The fraction of sp³-hybridized carbons (Fsp3) is 0.500. The Kier molecular flexibility index (Phi) is 6.52. The Morgan fingerprint density at radius 2 is 1.84 bits per heavy atom. The van der Waals surface area contributed by atoms with Gasteiger partial charge in [0.15, 0.2) is 0 Å². The molecule has 2 N–H and O–H groups in total. The van der Waals surface area contributed by atoms with Gasteiger partial charge in [0, 0.05) is 31.7 Å². The van der Waals surface area contributed by atoms with Gasteiger partial charge in [-0.15, -0.1) is 0 Å². The maximum atomic E-state index is 12.6. The number of hydrogen-bond donors (Lipinski definition) is 2. The van der Waals surface area contributed by atoms with E-state index in [2.05, 4.69) is 10.0 Å². The van der Waals surface area contributed by atoms with Crippen molar-refractivity contribution in [3.63, 3.8) is 0 Å². The van der Waals surface area contributed by atoms with Gasteiger partial charge in [-0.1, -0.05) is 6.07 Å². The number of sulfonamides is 2. The first-order chi connectivity index (χ1) is 11.7. The van der Waals surface area contributed by atoms with Gasteiger partial charge in [0.1, 0.15) is 0 Å². The number of morpholine rings is 1. The Bertz CT molecular complexity index is 817. The van der Waals surface area contributed by atoms with Gasteiger partial charge in [-0.05, 0) is 18.2 Å². The lowest BCUT2D eigenvalue weighted by Gasteiger charge is -2.26. The number of carbonyl (C=O) groups is 1. The van der Waals surface area contributed by atoms with Crippen molar-refractivity contribution < 1.29 is 26.4 Å². The molecule has 1 aromatic carbocycles. The van der Waals surface area contributed by atoms with E-state index in [0.717, 1.165) is 6.26 Å². The zero-order chi connectivity index (χ0) is 18.5. The lowest BCUT2D eigenvalue weighted by Crippen LogP contribution is -2.40. The third-order valence-electron chi connectivity index (χ3n) is 3.48. The molecular weight excluding hydrogens is 370 g/mol. The molecule has 0 aromatic heterocycles. The number of carbonyl (C=O) groups excluding carboxylic acids is 1. The highest BCUT2D eigenvalue weighted by atomic mass is 32.2. The number of benzene rings is 1. The maximum Gasteiger partial charge on any atom is 0.251 e. The molecule has 11 heteroatoms. The number of hydrogen-bond acceptors (Lipinski definition) is 6. The fourth-order valence-electron chi connectivity index (χ4n) is 2.25. The summed E-state index contributed by atoms with van der Waals surface area (Å²) in [4.78, 5) is 12.1. The van der Waals surface area contributed by atoms with E-state index in [-0.39, 0.29) is 36.6 Å². The highest BCUT2D eigenvalue weighted by molar-refractivity contribution is 7.89. The second-order valence-corrected chi connectivity index (χ2v) is 9.24. The summed E-state index contributed by atoms with van der Waals surface area (Å²) in [7, 11) is -7.00. The van der Waals surface area contributed by atoms with Gasteiger partial charge >= 0.3 is 0 Å². The summed E-state index contributed by atoms with van der Waals surface area (Å²) < 4.78 is 55.8. The van der Waals surface area contributed by atoms with Crippen molar-refractivity contribution in [2.75, 3.05) is 45.6 Å². The van der Waals surface area contributed by atoms with Crippen LogP contribution in [0.15, 0.2) is 29.2 Å². The Morgan fingerprint density at radius 1 is 1.16 bits per heavy atom. The van der Waals surface area contributed by atoms with Crippen LogP contribution in [0.3, 0.4) is 0 Å². The molecule has 0 bridgehead atoms. The second kappa shape index (κ2) is 8.23. The predicted molar refractivity (Wildman–Crippen MR) is 91.2 cm³/mol. The van der Waals surface area contributed by atoms with E-state index in [1.165, 1.54) is 28.6 Å². The molecule has 0 saturated carbocycles. The van der Waals surface area contributed by atoms with Crippen molar-refractivity contribution in [2.24, 2.45) is 0 Å². The lowest BCUT2D eigenvalue weighted by atomic mass is 10.2. The zero-order valence-electron chi connectivity index (χ0n) is 13.8. The number of amides is 1. The molecule has 0 atom stereocenters. The standard InChI is InChI=1S/C14H21N3O6S2/c1-24(19,20)16-6-5-15-14(18)12-3-2-4-13(11-12)25(21,22)17-7-9-23-10-8-17/h2-4,11,16H,5-10H2,1H3,(H,15,18). The Hall–Kier alpha value is -1.53. The molecule has 1 heterocycles. The van der Waals surface area contributed by atoms with Gasteiger partial charge in [-0.25, -0.2) is 21.6 Å². The molecule has 0 unspecified atom stereocenters. The van der Waals surface area contributed by atoms with Crippen LogP contribution in [0.5, 0.6) is 0 Å². The number of ether oxygens (including phenoxy) is 1. The third-order valence-corrected chi connectivity index (χ3v) is 6.10. The van der Waals surface area contributed by atoms with E-state index in [0.29, 0.717) is 13.2 Å². The quantitative estimate of drug-likeness (QED) is 0.574. The molecule has 2 rings (SSSR count). The summed E-state index contributed by atoms with van der Waals surface area (Å²) >= 11 is 0. The average molecular weight is 391 g/mol. The molecule has 9 nitrogen and oxygen atoms in total. The van der Waals surface area contributed by atoms with Crippen LogP contribution in [-0.4, -0.2) is 72.7 Å². The van der Waals surface area contributed by atoms with Gasteiger partial charge in [0.25, 0.3) is 5.91 Å². The minimum absolute atomic E-state index is 0.0383. The first-order valence-electron chi connectivity index (χ1n) is 7.61. The third kappa shape index (κ3) is 5.75. The van der Waals surface area contributed by atoms with Crippen molar-refractivity contribution in [1.29, 1.82) is 0 Å². The van der Waals surface area contributed by atoms with Crippen molar-refractivity contribution in [1.82, 2.24) is 14.3 Å². The van der Waals surface area contributed by atoms with Crippen molar-refractivity contribution >= 4 is 26.0 Å². The summed E-state index contributed by atoms with van der Waals surface area (Å²) in [5, 5.41) is 2.54. The van der Waals surface area contributed by atoms with Crippen molar-refractivity contribution in [3.05, 3.63) is 29.8 Å². The zero-order valence-corrected chi connectivity index (χ0v) is 15.4. The lowest BCUT2D eigenvalue weighted by molar-refractivity contribution is 0.0730. The summed E-state index contributed by atoms with van der Waals surface area (Å²) in [6, 6.07) is 5.74. The topological polar surface area (TPSA) is 122 Å². The van der Waals surface area contributed by atoms with Crippen LogP contribution in [-0.2, 0) is 24.8 Å². The molecule has 140 valence electrons. The molecule has 1 amide bonds. The molecule has 1 aromatic rings. The van der Waals surface area contributed by atoms with Gasteiger partial charge in [0.05, 0.1) is 24.4 Å². The van der Waals surface area contributed by atoms with E-state index in [1.807, 2.05) is 0 Å². The van der Waals surface area contributed by atoms with Crippen LogP contribution < -0.4 is 10.0 Å². The first kappa shape index (κ1) is 19.8. The molecule has 1 aliphatic heterocycles. The smallest absolute Gasteiger partial charge is 0.251 e. The van der Waals surface area contributed by atoms with Gasteiger partial charge in [-0.2, -0.15) is 4.31 Å². The highest BCUT2D eigenvalue weighted by Gasteiger charge is 2.26. The SMILES string of the molecule is CS(=O)(=O)NCCNC(=O)c1cccc(S(=O)(=O)N2CCOCC2)c1. The van der Waals surface area contributed by atoms with Crippen LogP contribution in [0.25, 0.3) is 0 Å². The molecule has 0 radical (unpaired) electrons. The van der Waals surface area contributed by atoms with Crippen LogP contribution in [0.2, 0.25) is 0 Å². The average Bonchev–Trinajstić information content (AvgIpc) is 2.58. The molecule has 0 aliphatic carbocycles. The Balaban J connectivity index is 2.03. The van der Waals surface area contributed by atoms with E-state index >= 15 is 0 Å². The molecule has 1 saturated heterocycles. The van der Waals surface area contributed by atoms with E-state index < -0.39 is 26.0 Å². The Morgan fingerprint density at radius 3 is 2.48 bits per heavy atom. The molecule has 1 aliphatic rings. The minimum atomic E-state index is -3.68. The predicted octanol–water partition coefficient (Wildman–Crippen LogP) is -1.01. The summed E-state index contributed by atoms with van der Waals surface area (Å²) in [5.41, 5.74) is 0.189.